The predicted molar refractivity (Wildman–Crippen MR) is 257 cm³/mol. The Bertz CT molecular complexity index is 1580. The second-order valence-electron chi connectivity index (χ2n) is 20.4. The van der Waals surface area contributed by atoms with Gasteiger partial charge in [0.1, 0.15) is 6.04 Å². The van der Waals surface area contributed by atoms with E-state index in [-0.39, 0.29) is 58.9 Å². The van der Waals surface area contributed by atoms with Crippen LogP contribution in [0.3, 0.4) is 0 Å². The molecule has 15 heteroatoms. The maximum atomic E-state index is 14.6. The van der Waals surface area contributed by atoms with Gasteiger partial charge in [0, 0.05) is 34.4 Å². The van der Waals surface area contributed by atoms with Gasteiger partial charge in [-0.1, -0.05) is 106 Å². The Hall–Kier alpha value is -2.92. The van der Waals surface area contributed by atoms with E-state index in [0.717, 1.165) is 12.8 Å². The van der Waals surface area contributed by atoms with Gasteiger partial charge in [0.15, 0.2) is 8.32 Å². The van der Waals surface area contributed by atoms with Crippen molar-refractivity contribution in [2.45, 2.75) is 168 Å². The summed E-state index contributed by atoms with van der Waals surface area (Å²) in [7, 11) is 4.91. The van der Waals surface area contributed by atoms with Crippen molar-refractivity contribution in [2.75, 3.05) is 61.2 Å². The fourth-order valence-electron chi connectivity index (χ4n) is 8.69. The molecule has 3 N–H and O–H groups in total. The molecule has 368 valence electrons. The molecule has 0 radical (unpaired) electrons. The lowest BCUT2D eigenvalue weighted by molar-refractivity contribution is -0.148. The van der Waals surface area contributed by atoms with Gasteiger partial charge in [-0.15, -0.1) is 0 Å². The van der Waals surface area contributed by atoms with Crippen LogP contribution < -0.4 is 10.6 Å². The molecule has 1 aliphatic rings. The number of benzene rings is 1. The number of hydrogen-bond donors (Lipinski definition) is 3. The monoisotopic (exact) mass is 920 g/mol. The Labute approximate surface area is 388 Å². The molecule has 1 fully saturated rings. The van der Waals surface area contributed by atoms with Crippen LogP contribution >= 0.6 is 0 Å². The van der Waals surface area contributed by atoms with E-state index in [9.17, 15) is 24.3 Å². The Morgan fingerprint density at radius 3 is 2.05 bits per heavy atom. The predicted octanol–water partition coefficient (Wildman–Crippen LogP) is 6.28. The Morgan fingerprint density at radius 1 is 0.891 bits per heavy atom. The van der Waals surface area contributed by atoms with Crippen molar-refractivity contribution >= 4 is 31.9 Å². The zero-order chi connectivity index (χ0) is 48.7. The summed E-state index contributed by atoms with van der Waals surface area (Å²) < 4.78 is 24.2. The average Bonchev–Trinajstić information content (AvgIpc) is 3.72. The Morgan fingerprint density at radius 2 is 1.52 bits per heavy atom. The van der Waals surface area contributed by atoms with E-state index in [4.69, 9.17) is 18.6 Å². The van der Waals surface area contributed by atoms with Crippen LogP contribution in [0.2, 0.25) is 18.1 Å². The van der Waals surface area contributed by atoms with Crippen molar-refractivity contribution in [1.82, 2.24) is 25.3 Å². The topological polar surface area (TPSA) is 159 Å². The molecule has 1 aliphatic heterocycles. The molecule has 9 unspecified atom stereocenters. The highest BCUT2D eigenvalue weighted by Gasteiger charge is 2.44. The van der Waals surface area contributed by atoms with Crippen LogP contribution in [-0.4, -0.2) is 155 Å². The fraction of sp³-hybridized carbons (Fsp3) is 0.796. The van der Waals surface area contributed by atoms with Gasteiger partial charge in [0.2, 0.25) is 23.6 Å². The van der Waals surface area contributed by atoms with E-state index >= 15 is 0 Å². The number of methoxy groups -OCH3 is 2. The molecular weight excluding hydrogens is 831 g/mol. The number of hydrogen-bond acceptors (Lipinski definition) is 10. The number of likely N-dealkylation sites (N-methyl/N-ethyl adjacent to an activating group) is 2. The highest BCUT2D eigenvalue weighted by atomic mass is 28.4. The highest BCUT2D eigenvalue weighted by molar-refractivity contribution is 6.74. The molecule has 2 rings (SSSR count). The SMILES string of the molecule is CCC(C)C(C(CC(=O)N1CCC[C@H]1C(OC)C(C)C(=O)NC(C)C(O)c1ccccc1)OC)N(C)C(=O)C(NC(=O)C(C(C)C)N(C)CCOCCO[Si](C)(C)C(C)(C)C)C(C)C. The van der Waals surface area contributed by atoms with Crippen LogP contribution in [0.15, 0.2) is 30.3 Å². The van der Waals surface area contributed by atoms with Crippen molar-refractivity contribution in [3.05, 3.63) is 35.9 Å². The summed E-state index contributed by atoms with van der Waals surface area (Å²) in [6.45, 7) is 29.1. The minimum absolute atomic E-state index is 0.0142. The average molecular weight is 920 g/mol. The quantitative estimate of drug-likeness (QED) is 0.0678. The van der Waals surface area contributed by atoms with Crippen LogP contribution in [0.25, 0.3) is 0 Å². The van der Waals surface area contributed by atoms with E-state index in [1.54, 1.807) is 44.9 Å². The summed E-state index contributed by atoms with van der Waals surface area (Å²) in [5.41, 5.74) is 0.707. The number of rotatable bonds is 27. The number of nitrogens with one attached hydrogen (secondary N) is 2. The van der Waals surface area contributed by atoms with Crippen LogP contribution in [0, 0.1) is 23.7 Å². The number of aliphatic hydroxyl groups excluding tert-OH is 1. The molecule has 0 spiro atoms. The summed E-state index contributed by atoms with van der Waals surface area (Å²) in [6, 6.07) is 6.50. The number of aliphatic hydroxyl groups is 1. The van der Waals surface area contributed by atoms with E-state index in [1.807, 2.05) is 76.9 Å². The molecule has 0 bridgehead atoms. The third kappa shape index (κ3) is 15.9. The molecule has 1 aromatic rings. The van der Waals surface area contributed by atoms with Gasteiger partial charge in [0.25, 0.3) is 0 Å². The van der Waals surface area contributed by atoms with Crippen molar-refractivity contribution in [3.8, 4) is 0 Å². The van der Waals surface area contributed by atoms with Gasteiger partial charge >= 0.3 is 0 Å². The van der Waals surface area contributed by atoms with Crippen molar-refractivity contribution in [2.24, 2.45) is 23.7 Å². The maximum Gasteiger partial charge on any atom is 0.245 e. The van der Waals surface area contributed by atoms with Crippen LogP contribution in [0.1, 0.15) is 114 Å². The standard InChI is InChI=1S/C49H89N5O9Si/c1-18-34(6)43(53(13)48(59)41(32(2)3)51-47(58)42(33(4)5)52(12)27-28-62-29-30-63-64(16,17)49(9,10)11)39(60-14)31-40(55)54-26-22-25-38(54)45(61-15)35(7)46(57)50-36(8)44(56)37-23-20-19-21-24-37/h19-21,23-24,32-36,38-39,41-45,56H,18,22,25-31H2,1-17H3,(H,50,57)(H,51,58)/t34?,35?,36?,38-,39?,41?,42?,43?,44?,45?/m0/s1. The second kappa shape index (κ2) is 26.4. The van der Waals surface area contributed by atoms with Crippen LogP contribution in [-0.2, 0) is 37.8 Å². The Balaban J connectivity index is 2.18. The highest BCUT2D eigenvalue weighted by Crippen LogP contribution is 2.36. The van der Waals surface area contributed by atoms with E-state index in [0.29, 0.717) is 44.9 Å². The molecule has 1 aromatic carbocycles. The first-order valence-corrected chi connectivity index (χ1v) is 26.6. The molecular formula is C49H89N5O9Si. The van der Waals surface area contributed by atoms with E-state index in [1.165, 1.54) is 0 Å². The van der Waals surface area contributed by atoms with Gasteiger partial charge in [-0.05, 0) is 68.3 Å². The van der Waals surface area contributed by atoms with Crippen LogP contribution in [0.4, 0.5) is 0 Å². The van der Waals surface area contributed by atoms with Gasteiger partial charge in [-0.25, -0.2) is 0 Å². The molecule has 0 saturated carbocycles. The van der Waals surface area contributed by atoms with E-state index in [2.05, 4.69) is 51.4 Å². The summed E-state index contributed by atoms with van der Waals surface area (Å²) >= 11 is 0. The number of nitrogens with zero attached hydrogens (tertiary/aromatic N) is 3. The lowest BCUT2D eigenvalue weighted by Gasteiger charge is -2.41. The summed E-state index contributed by atoms with van der Waals surface area (Å²) in [5, 5.41) is 17.1. The van der Waals surface area contributed by atoms with Gasteiger partial charge in [-0.2, -0.15) is 0 Å². The molecule has 1 heterocycles. The third-order valence-electron chi connectivity index (χ3n) is 13.9. The number of carbonyl (C=O) groups is 4. The zero-order valence-corrected chi connectivity index (χ0v) is 43.7. The third-order valence-corrected chi connectivity index (χ3v) is 18.5. The minimum atomic E-state index is -1.86. The number of carbonyl (C=O) groups excluding carboxylic acids is 4. The van der Waals surface area contributed by atoms with E-state index < -0.39 is 56.7 Å². The first kappa shape index (κ1) is 57.2. The minimum Gasteiger partial charge on any atom is -0.414 e. The van der Waals surface area contributed by atoms with Crippen LogP contribution in [0.5, 0.6) is 0 Å². The molecule has 0 aromatic heterocycles. The largest absolute Gasteiger partial charge is 0.414 e. The maximum absolute atomic E-state index is 14.6. The Kier molecular flexibility index (Phi) is 23.6. The van der Waals surface area contributed by atoms with Crippen molar-refractivity contribution in [3.63, 3.8) is 0 Å². The summed E-state index contributed by atoms with van der Waals surface area (Å²) in [5.74, 6) is -1.81. The smallest absolute Gasteiger partial charge is 0.245 e. The van der Waals surface area contributed by atoms with Gasteiger partial charge in [-0.3, -0.25) is 24.1 Å². The number of ether oxygens (including phenoxy) is 3. The first-order valence-electron chi connectivity index (χ1n) is 23.7. The van der Waals surface area contributed by atoms with Gasteiger partial charge < -0.3 is 44.2 Å². The number of likely N-dealkylation sites (tertiary alicyclic amines) is 1. The van der Waals surface area contributed by atoms with Crippen molar-refractivity contribution in [1.29, 1.82) is 0 Å². The molecule has 64 heavy (non-hydrogen) atoms. The van der Waals surface area contributed by atoms with Gasteiger partial charge in [0.05, 0.1) is 74.6 Å². The summed E-state index contributed by atoms with van der Waals surface area (Å²) in [6.07, 6.45) is 0.0263. The molecule has 10 atom stereocenters. The number of amides is 4. The molecule has 1 saturated heterocycles. The second-order valence-corrected chi connectivity index (χ2v) is 25.2. The zero-order valence-electron chi connectivity index (χ0n) is 42.7. The van der Waals surface area contributed by atoms with Crippen molar-refractivity contribution < 1.29 is 42.9 Å². The first-order chi connectivity index (χ1) is 29.9. The lowest BCUT2D eigenvalue weighted by atomic mass is 9.89. The molecule has 14 nitrogen and oxygen atoms in total. The normalized spacial score (nSPS) is 19.1. The fourth-order valence-corrected chi connectivity index (χ4v) is 9.71. The lowest BCUT2D eigenvalue weighted by Crippen LogP contribution is -2.60. The summed E-state index contributed by atoms with van der Waals surface area (Å²) in [4.78, 5) is 62.0. The molecule has 0 aliphatic carbocycles. The molecule has 4 amide bonds.